The Bertz CT molecular complexity index is 2630. The lowest BCUT2D eigenvalue weighted by Crippen LogP contribution is -2.43. The Labute approximate surface area is 369 Å². The molecule has 0 saturated heterocycles. The second kappa shape index (κ2) is 18.0. The van der Waals surface area contributed by atoms with Crippen LogP contribution in [-0.2, 0) is 19.4 Å². The molecule has 0 fully saturated rings. The van der Waals surface area contributed by atoms with Crippen LogP contribution in [0.4, 0.5) is 0 Å². The summed E-state index contributed by atoms with van der Waals surface area (Å²) in [6.45, 7) is 13.1. The molecule has 10 heteroatoms. The normalized spacial score (nSPS) is 18.5. The Balaban J connectivity index is 0.000000177. The van der Waals surface area contributed by atoms with E-state index in [1.54, 1.807) is 26.4 Å². The molecule has 0 aromatic heterocycles. The number of hydrogen-bond acceptors (Lipinski definition) is 10. The molecule has 0 aliphatic carbocycles. The average Bonchev–Trinajstić information content (AvgIpc) is 3.27. The topological polar surface area (TPSA) is 119 Å². The van der Waals surface area contributed by atoms with Gasteiger partial charge in [-0.2, -0.15) is 0 Å². The molecule has 0 amide bonds. The van der Waals surface area contributed by atoms with E-state index in [1.165, 1.54) is 5.57 Å². The van der Waals surface area contributed by atoms with E-state index >= 15 is 0 Å². The number of rotatable bonds is 9. The summed E-state index contributed by atoms with van der Waals surface area (Å²) in [5, 5.41) is 10.3. The minimum atomic E-state index is -0.452. The highest BCUT2D eigenvalue weighted by Crippen LogP contribution is 2.49. The number of methoxy groups -OCH3 is 2. The van der Waals surface area contributed by atoms with E-state index in [9.17, 15) is 14.7 Å². The summed E-state index contributed by atoms with van der Waals surface area (Å²) in [4.78, 5) is 27.3. The molecule has 63 heavy (non-hydrogen) atoms. The molecule has 9 rings (SSSR count). The summed E-state index contributed by atoms with van der Waals surface area (Å²) >= 11 is 0. The van der Waals surface area contributed by atoms with Crippen molar-refractivity contribution in [3.63, 3.8) is 0 Å². The van der Waals surface area contributed by atoms with Crippen LogP contribution in [0.15, 0.2) is 102 Å². The number of phenols is 1. The number of carbonyl (C=O) groups excluding carboxylic acids is 2. The number of phenolic OH excluding ortho intramolecular Hbond substituents is 1. The van der Waals surface area contributed by atoms with Crippen LogP contribution >= 0.6 is 0 Å². The molecule has 1 N–H and O–H groups in total. The quantitative estimate of drug-likeness (QED) is 0.144. The minimum absolute atomic E-state index is 0.0137. The standard InChI is InChI=1S/C30H30O5.C23H24O5/c1-18(2)10-11-21-24(33-16-20-8-6-5-7-9-20)13-12-22-29(31)28-23-15-25(32-4)19(3)14-26(23)34-17-27(28)35-30(21)22;1-12(2)5-6-14-17(24)8-7-15-22(25)21-16-10-18(26-4)13(3)9-19(16)27-11-20(21)28-23(14)15/h5-10,12-15,27-28H,11,16-17H2,1-4H3;5,7-10,20-21,24H,6,11H2,1-4H3/t27-,28+;20-,21+/m11/s1. The lowest BCUT2D eigenvalue weighted by Gasteiger charge is -2.38. The van der Waals surface area contributed by atoms with Crippen molar-refractivity contribution >= 4 is 11.6 Å². The number of ketones is 2. The fourth-order valence-corrected chi connectivity index (χ4v) is 8.69. The van der Waals surface area contributed by atoms with Crippen molar-refractivity contribution in [1.29, 1.82) is 0 Å². The number of aromatic hydroxyl groups is 1. The first-order valence-corrected chi connectivity index (χ1v) is 21.3. The third-order valence-corrected chi connectivity index (χ3v) is 12.0. The largest absolute Gasteiger partial charge is 0.508 e. The van der Waals surface area contributed by atoms with E-state index in [-0.39, 0.29) is 23.9 Å². The zero-order chi connectivity index (χ0) is 44.5. The molecular weight excluding hydrogens is 797 g/mol. The fourth-order valence-electron chi connectivity index (χ4n) is 8.69. The predicted molar refractivity (Wildman–Crippen MR) is 241 cm³/mol. The molecular formula is C53H54O10. The second-order valence-corrected chi connectivity index (χ2v) is 16.9. The predicted octanol–water partition coefficient (Wildman–Crippen LogP) is 10.5. The number of ether oxygens (including phenoxy) is 7. The Kier molecular flexibility index (Phi) is 12.3. The summed E-state index contributed by atoms with van der Waals surface area (Å²) in [6.07, 6.45) is 4.41. The van der Waals surface area contributed by atoms with Crippen molar-refractivity contribution in [2.75, 3.05) is 27.4 Å². The SMILES string of the molecule is COc1cc2c(cc1C)OC[C@H]1Oc3c(ccc(O)c3CC=C(C)C)C(=O)[C@@H]21.COc1cc2c(cc1C)OC[C@H]1Oc3c(ccc(OCc4ccccc4)c3CC=C(C)C)C(=O)[C@@H]21. The summed E-state index contributed by atoms with van der Waals surface area (Å²) in [5.74, 6) is 3.95. The van der Waals surface area contributed by atoms with Gasteiger partial charge in [-0.25, -0.2) is 0 Å². The fraction of sp³-hybridized carbons (Fsp3) is 0.321. The number of aryl methyl sites for hydroxylation is 2. The van der Waals surface area contributed by atoms with Gasteiger partial charge in [-0.1, -0.05) is 53.6 Å². The smallest absolute Gasteiger partial charge is 0.178 e. The van der Waals surface area contributed by atoms with Crippen LogP contribution in [-0.4, -0.2) is 56.3 Å². The van der Waals surface area contributed by atoms with Crippen LogP contribution in [0.3, 0.4) is 0 Å². The third-order valence-electron chi connectivity index (χ3n) is 12.0. The Morgan fingerprint density at radius 2 is 1.14 bits per heavy atom. The van der Waals surface area contributed by atoms with Crippen LogP contribution in [0.1, 0.15) is 99.2 Å². The van der Waals surface area contributed by atoms with Crippen LogP contribution in [0.5, 0.6) is 46.0 Å². The Morgan fingerprint density at radius 3 is 1.65 bits per heavy atom. The first-order chi connectivity index (χ1) is 30.4. The second-order valence-electron chi connectivity index (χ2n) is 16.9. The molecule has 0 unspecified atom stereocenters. The number of benzene rings is 5. The van der Waals surface area contributed by atoms with Crippen LogP contribution in [0, 0.1) is 13.8 Å². The van der Waals surface area contributed by atoms with Gasteiger partial charge in [0.15, 0.2) is 11.6 Å². The lowest BCUT2D eigenvalue weighted by atomic mass is 9.81. The zero-order valence-corrected chi connectivity index (χ0v) is 37.1. The van der Waals surface area contributed by atoms with Gasteiger partial charge in [0, 0.05) is 22.3 Å². The van der Waals surface area contributed by atoms with Gasteiger partial charge in [-0.3, -0.25) is 9.59 Å². The summed E-state index contributed by atoms with van der Waals surface area (Å²) < 4.78 is 41.9. The number of carbonyl (C=O) groups is 2. The van der Waals surface area contributed by atoms with E-state index in [4.69, 9.17) is 33.2 Å². The molecule has 0 spiro atoms. The first kappa shape index (κ1) is 43.0. The van der Waals surface area contributed by atoms with Gasteiger partial charge in [0.05, 0.1) is 37.2 Å². The van der Waals surface area contributed by atoms with Crippen molar-refractivity contribution in [2.24, 2.45) is 0 Å². The third kappa shape index (κ3) is 8.46. The molecule has 326 valence electrons. The minimum Gasteiger partial charge on any atom is -0.508 e. The molecule has 4 aliphatic heterocycles. The monoisotopic (exact) mass is 850 g/mol. The summed E-state index contributed by atoms with van der Waals surface area (Å²) in [5.41, 5.74) is 9.54. The number of hydrogen-bond donors (Lipinski definition) is 1. The maximum atomic E-state index is 13.8. The number of fused-ring (bicyclic) bond motifs is 8. The number of Topliss-reactive ketones (excluding diaryl/α,β-unsaturated/α-hetero) is 2. The molecule has 4 aliphatic rings. The van der Waals surface area contributed by atoms with Crippen LogP contribution < -0.4 is 33.2 Å². The highest BCUT2D eigenvalue weighted by molar-refractivity contribution is 6.06. The van der Waals surface area contributed by atoms with Crippen molar-refractivity contribution < 1.29 is 47.9 Å². The van der Waals surface area contributed by atoms with E-state index in [1.807, 2.05) is 101 Å². The zero-order valence-electron chi connectivity index (χ0n) is 37.1. The van der Waals surface area contributed by atoms with Gasteiger partial charge in [-0.15, -0.1) is 0 Å². The summed E-state index contributed by atoms with van der Waals surface area (Å²) in [7, 11) is 3.25. The van der Waals surface area contributed by atoms with Crippen LogP contribution in [0.2, 0.25) is 0 Å². The summed E-state index contributed by atoms with van der Waals surface area (Å²) in [6, 6.07) is 24.6. The maximum Gasteiger partial charge on any atom is 0.178 e. The van der Waals surface area contributed by atoms with E-state index in [0.717, 1.165) is 62.0 Å². The maximum absolute atomic E-state index is 13.8. The molecule has 0 radical (unpaired) electrons. The highest BCUT2D eigenvalue weighted by Gasteiger charge is 2.46. The Morgan fingerprint density at radius 1 is 0.651 bits per heavy atom. The van der Waals surface area contributed by atoms with Crippen molar-refractivity contribution in [2.45, 2.75) is 85.0 Å². The van der Waals surface area contributed by atoms with Crippen molar-refractivity contribution in [3.05, 3.63) is 152 Å². The lowest BCUT2D eigenvalue weighted by molar-refractivity contribution is 0.0548. The number of allylic oxidation sites excluding steroid dienone is 4. The van der Waals surface area contributed by atoms with Crippen LogP contribution in [0.25, 0.3) is 0 Å². The molecule has 5 aromatic carbocycles. The molecule has 4 atom stereocenters. The average molecular weight is 851 g/mol. The first-order valence-electron chi connectivity index (χ1n) is 21.3. The van der Waals surface area contributed by atoms with Crippen molar-refractivity contribution in [1.82, 2.24) is 0 Å². The van der Waals surface area contributed by atoms with E-state index in [0.29, 0.717) is 60.0 Å². The molecule has 10 nitrogen and oxygen atoms in total. The van der Waals surface area contributed by atoms with Gasteiger partial charge >= 0.3 is 0 Å². The van der Waals surface area contributed by atoms with E-state index in [2.05, 4.69) is 19.9 Å². The molecule has 0 bridgehead atoms. The molecule has 0 saturated carbocycles. The van der Waals surface area contributed by atoms with Gasteiger partial charge < -0.3 is 38.3 Å². The molecule has 4 heterocycles. The van der Waals surface area contributed by atoms with E-state index < -0.39 is 24.0 Å². The van der Waals surface area contributed by atoms with Crippen molar-refractivity contribution in [3.8, 4) is 46.0 Å². The van der Waals surface area contributed by atoms with Gasteiger partial charge in [0.1, 0.15) is 78.0 Å². The van der Waals surface area contributed by atoms with Gasteiger partial charge in [-0.05, 0) is 120 Å². The Hall–Kier alpha value is -6.68. The highest BCUT2D eigenvalue weighted by atomic mass is 16.5. The molecule has 5 aromatic rings. The van der Waals surface area contributed by atoms with Gasteiger partial charge in [0.2, 0.25) is 0 Å². The van der Waals surface area contributed by atoms with Gasteiger partial charge in [0.25, 0.3) is 0 Å².